The van der Waals surface area contributed by atoms with Crippen LogP contribution in [0.3, 0.4) is 0 Å². The summed E-state index contributed by atoms with van der Waals surface area (Å²) < 4.78 is 4.74. The molecule has 0 aromatic heterocycles. The molecule has 0 aliphatic heterocycles. The summed E-state index contributed by atoms with van der Waals surface area (Å²) in [4.78, 5) is 22.7. The van der Waals surface area contributed by atoms with Crippen LogP contribution in [-0.4, -0.2) is 19.0 Å². The van der Waals surface area contributed by atoms with E-state index in [2.05, 4.69) is 5.32 Å². The summed E-state index contributed by atoms with van der Waals surface area (Å²) in [7, 11) is 1.40. The summed E-state index contributed by atoms with van der Waals surface area (Å²) in [5.41, 5.74) is 1.03. The third-order valence-corrected chi connectivity index (χ3v) is 3.29. The first-order valence-corrected chi connectivity index (χ1v) is 6.03. The molecule has 1 amide bonds. The fraction of sp³-hybridized carbons (Fsp3) is 0.429. The third-order valence-electron chi connectivity index (χ3n) is 3.29. The van der Waals surface area contributed by atoms with Crippen LogP contribution in [0.2, 0.25) is 0 Å². The Labute approximate surface area is 106 Å². The zero-order valence-corrected chi connectivity index (χ0v) is 10.6. The lowest BCUT2D eigenvalue weighted by molar-refractivity contribution is -0.142. The quantitative estimate of drug-likeness (QED) is 0.823. The molecule has 0 radical (unpaired) electrons. The van der Waals surface area contributed by atoms with Crippen LogP contribution in [0.1, 0.15) is 24.9 Å². The summed E-state index contributed by atoms with van der Waals surface area (Å²) in [6.45, 7) is 1.49. The Hall–Kier alpha value is -1.84. The van der Waals surface area contributed by atoms with Crippen molar-refractivity contribution in [2.75, 3.05) is 7.11 Å². The molecule has 0 saturated heterocycles. The van der Waals surface area contributed by atoms with Crippen molar-refractivity contribution >= 4 is 11.9 Å². The van der Waals surface area contributed by atoms with Crippen LogP contribution in [0.4, 0.5) is 0 Å². The second kappa shape index (κ2) is 5.21. The highest BCUT2D eigenvalue weighted by molar-refractivity contribution is 5.77. The van der Waals surface area contributed by atoms with Crippen molar-refractivity contribution in [3.8, 4) is 0 Å². The Morgan fingerprint density at radius 1 is 1.33 bits per heavy atom. The summed E-state index contributed by atoms with van der Waals surface area (Å²) >= 11 is 0. The van der Waals surface area contributed by atoms with Crippen LogP contribution in [0.25, 0.3) is 0 Å². The Morgan fingerprint density at radius 3 is 2.56 bits per heavy atom. The van der Waals surface area contributed by atoms with E-state index >= 15 is 0 Å². The van der Waals surface area contributed by atoms with Gasteiger partial charge in [-0.1, -0.05) is 30.3 Å². The standard InChI is InChI=1S/C14H17NO3/c1-9(16)15-13(10-6-4-3-5-7-10)11-8-12(11)14(17)18-2/h3-7,11-13H,8H2,1-2H3,(H,15,16)/t11-,12+,13-/m0/s1. The van der Waals surface area contributed by atoms with Crippen molar-refractivity contribution in [1.29, 1.82) is 0 Å². The average Bonchev–Trinajstić information content (AvgIpc) is 3.16. The van der Waals surface area contributed by atoms with Gasteiger partial charge in [0, 0.05) is 6.92 Å². The van der Waals surface area contributed by atoms with E-state index in [1.807, 2.05) is 30.3 Å². The molecule has 1 aromatic rings. The molecule has 18 heavy (non-hydrogen) atoms. The molecule has 1 aromatic carbocycles. The smallest absolute Gasteiger partial charge is 0.309 e. The molecular weight excluding hydrogens is 230 g/mol. The topological polar surface area (TPSA) is 55.4 Å². The fourth-order valence-corrected chi connectivity index (χ4v) is 2.32. The van der Waals surface area contributed by atoms with Gasteiger partial charge < -0.3 is 10.1 Å². The van der Waals surface area contributed by atoms with Crippen molar-refractivity contribution in [1.82, 2.24) is 5.32 Å². The molecule has 3 atom stereocenters. The minimum absolute atomic E-state index is 0.0839. The summed E-state index contributed by atoms with van der Waals surface area (Å²) in [6, 6.07) is 9.62. The van der Waals surface area contributed by atoms with Gasteiger partial charge in [0.2, 0.25) is 5.91 Å². The molecule has 4 nitrogen and oxygen atoms in total. The number of rotatable bonds is 4. The molecule has 1 aliphatic carbocycles. The van der Waals surface area contributed by atoms with E-state index in [4.69, 9.17) is 4.74 Å². The molecule has 2 rings (SSSR count). The largest absolute Gasteiger partial charge is 0.469 e. The molecule has 0 bridgehead atoms. The van der Waals surface area contributed by atoms with Gasteiger partial charge in [-0.25, -0.2) is 0 Å². The van der Waals surface area contributed by atoms with Crippen LogP contribution < -0.4 is 5.32 Å². The lowest BCUT2D eigenvalue weighted by Gasteiger charge is -2.18. The predicted octanol–water partition coefficient (Wildman–Crippen LogP) is 1.67. The zero-order valence-electron chi connectivity index (χ0n) is 10.6. The van der Waals surface area contributed by atoms with Gasteiger partial charge >= 0.3 is 5.97 Å². The molecule has 0 unspecified atom stereocenters. The highest BCUT2D eigenvalue weighted by Gasteiger charge is 2.49. The van der Waals surface area contributed by atoms with Gasteiger partial charge in [0.1, 0.15) is 0 Å². The number of esters is 1. The van der Waals surface area contributed by atoms with Gasteiger partial charge in [0.05, 0.1) is 19.1 Å². The van der Waals surface area contributed by atoms with Crippen molar-refractivity contribution in [2.45, 2.75) is 19.4 Å². The van der Waals surface area contributed by atoms with E-state index < -0.39 is 0 Å². The fourth-order valence-electron chi connectivity index (χ4n) is 2.32. The maximum Gasteiger partial charge on any atom is 0.309 e. The minimum Gasteiger partial charge on any atom is -0.469 e. The number of amides is 1. The molecule has 1 saturated carbocycles. The van der Waals surface area contributed by atoms with E-state index in [-0.39, 0.29) is 29.8 Å². The number of carbonyl (C=O) groups excluding carboxylic acids is 2. The number of hydrogen-bond donors (Lipinski definition) is 1. The molecule has 1 N–H and O–H groups in total. The number of benzene rings is 1. The van der Waals surface area contributed by atoms with E-state index in [0.29, 0.717) is 0 Å². The van der Waals surface area contributed by atoms with E-state index in [1.165, 1.54) is 14.0 Å². The van der Waals surface area contributed by atoms with E-state index in [1.54, 1.807) is 0 Å². The maximum atomic E-state index is 11.5. The Morgan fingerprint density at radius 2 is 2.00 bits per heavy atom. The summed E-state index contributed by atoms with van der Waals surface area (Å²) in [5.74, 6) is -0.221. The first-order chi connectivity index (χ1) is 8.63. The van der Waals surface area contributed by atoms with Gasteiger partial charge in [-0.3, -0.25) is 9.59 Å². The van der Waals surface area contributed by atoms with Gasteiger partial charge in [0.25, 0.3) is 0 Å². The van der Waals surface area contributed by atoms with Crippen LogP contribution in [0.5, 0.6) is 0 Å². The van der Waals surface area contributed by atoms with Gasteiger partial charge in [-0.05, 0) is 17.9 Å². The predicted molar refractivity (Wildman–Crippen MR) is 66.6 cm³/mol. The van der Waals surface area contributed by atoms with Gasteiger partial charge in [-0.2, -0.15) is 0 Å². The first kappa shape index (κ1) is 12.6. The lowest BCUT2D eigenvalue weighted by atomic mass is 10.0. The SMILES string of the molecule is COC(=O)[C@@H]1C[C@@H]1[C@@H](NC(C)=O)c1ccccc1. The molecule has 1 fully saturated rings. The van der Waals surface area contributed by atoms with Crippen molar-refractivity contribution in [3.63, 3.8) is 0 Å². The molecule has 96 valence electrons. The van der Waals surface area contributed by atoms with E-state index in [9.17, 15) is 9.59 Å². The normalized spacial score (nSPS) is 23.0. The van der Waals surface area contributed by atoms with Crippen LogP contribution >= 0.6 is 0 Å². The monoisotopic (exact) mass is 247 g/mol. The zero-order chi connectivity index (χ0) is 13.1. The number of methoxy groups -OCH3 is 1. The van der Waals surface area contributed by atoms with E-state index in [0.717, 1.165) is 12.0 Å². The first-order valence-electron chi connectivity index (χ1n) is 6.03. The van der Waals surface area contributed by atoms with Crippen LogP contribution in [0, 0.1) is 11.8 Å². The second-order valence-electron chi connectivity index (χ2n) is 4.62. The van der Waals surface area contributed by atoms with Crippen molar-refractivity contribution < 1.29 is 14.3 Å². The number of carbonyl (C=O) groups is 2. The minimum atomic E-state index is -0.189. The Balaban J connectivity index is 2.13. The molecule has 0 spiro atoms. The summed E-state index contributed by atoms with van der Waals surface area (Å²) in [6.07, 6.45) is 0.770. The van der Waals surface area contributed by atoms with Crippen LogP contribution in [-0.2, 0) is 14.3 Å². The van der Waals surface area contributed by atoms with Crippen molar-refractivity contribution in [3.05, 3.63) is 35.9 Å². The Kier molecular flexibility index (Phi) is 3.65. The maximum absolute atomic E-state index is 11.5. The molecule has 4 heteroatoms. The van der Waals surface area contributed by atoms with Crippen LogP contribution in [0.15, 0.2) is 30.3 Å². The highest BCUT2D eigenvalue weighted by Crippen LogP contribution is 2.48. The average molecular weight is 247 g/mol. The van der Waals surface area contributed by atoms with Gasteiger partial charge in [-0.15, -0.1) is 0 Å². The molecular formula is C14H17NO3. The number of ether oxygens (including phenoxy) is 1. The van der Waals surface area contributed by atoms with Gasteiger partial charge in [0.15, 0.2) is 0 Å². The molecule has 0 heterocycles. The molecule has 1 aliphatic rings. The number of nitrogens with one attached hydrogen (secondary N) is 1. The second-order valence-corrected chi connectivity index (χ2v) is 4.62. The third kappa shape index (κ3) is 2.70. The number of hydrogen-bond acceptors (Lipinski definition) is 3. The summed E-state index contributed by atoms with van der Waals surface area (Å²) in [5, 5.41) is 2.92. The lowest BCUT2D eigenvalue weighted by Crippen LogP contribution is -2.28. The van der Waals surface area contributed by atoms with Crippen molar-refractivity contribution in [2.24, 2.45) is 11.8 Å². The highest BCUT2D eigenvalue weighted by atomic mass is 16.5. The Bertz CT molecular complexity index is 444.